The van der Waals surface area contributed by atoms with Crippen molar-refractivity contribution in [2.75, 3.05) is 18.5 Å². The average Bonchev–Trinajstić information content (AvgIpc) is 2.73. The first kappa shape index (κ1) is 13.6. The summed E-state index contributed by atoms with van der Waals surface area (Å²) >= 11 is 11.2. The van der Waals surface area contributed by atoms with Crippen LogP contribution in [0.25, 0.3) is 0 Å². The van der Waals surface area contributed by atoms with E-state index in [1.54, 1.807) is 6.07 Å². The fourth-order valence-corrected chi connectivity index (χ4v) is 2.73. The highest BCUT2D eigenvalue weighted by Crippen LogP contribution is 2.28. The minimum Gasteiger partial charge on any atom is -0.389 e. The van der Waals surface area contributed by atoms with E-state index in [9.17, 15) is 0 Å². The van der Waals surface area contributed by atoms with Gasteiger partial charge in [-0.25, -0.2) is 0 Å². The Kier molecular flexibility index (Phi) is 4.10. The maximum Gasteiger partial charge on any atom is 0.107 e. The van der Waals surface area contributed by atoms with E-state index in [2.05, 4.69) is 12.2 Å². The van der Waals surface area contributed by atoms with Crippen LogP contribution in [0.15, 0.2) is 18.2 Å². The van der Waals surface area contributed by atoms with Crippen LogP contribution in [0.3, 0.4) is 0 Å². The molecule has 2 rings (SSSR count). The molecule has 1 aromatic carbocycles. The molecule has 0 aliphatic carbocycles. The number of thiocarbonyl (C=S) groups is 1. The monoisotopic (exact) mass is 284 g/mol. The van der Waals surface area contributed by atoms with Crippen LogP contribution < -0.4 is 11.1 Å². The fraction of sp³-hybridized carbons (Fsp3) is 0.462. The van der Waals surface area contributed by atoms with Gasteiger partial charge in [-0.1, -0.05) is 29.9 Å². The first-order valence-corrected chi connectivity index (χ1v) is 6.77. The third-order valence-corrected chi connectivity index (χ3v) is 3.73. The zero-order valence-electron chi connectivity index (χ0n) is 10.3. The van der Waals surface area contributed by atoms with Crippen molar-refractivity contribution >= 4 is 34.5 Å². The summed E-state index contributed by atoms with van der Waals surface area (Å²) in [6.07, 6.45) is 2.17. The van der Waals surface area contributed by atoms with E-state index in [1.165, 1.54) is 0 Å². The summed E-state index contributed by atoms with van der Waals surface area (Å²) in [7, 11) is 0. The van der Waals surface area contributed by atoms with Crippen LogP contribution in [0.4, 0.5) is 5.69 Å². The quantitative estimate of drug-likeness (QED) is 0.835. The smallest absolute Gasteiger partial charge is 0.107 e. The largest absolute Gasteiger partial charge is 0.389 e. The first-order chi connectivity index (χ1) is 8.52. The molecule has 0 radical (unpaired) electrons. The number of halogens is 1. The molecule has 1 aliphatic heterocycles. The third-order valence-electron chi connectivity index (χ3n) is 3.21. The molecule has 1 unspecified atom stereocenters. The van der Waals surface area contributed by atoms with Crippen molar-refractivity contribution in [3.05, 3.63) is 28.8 Å². The van der Waals surface area contributed by atoms with E-state index >= 15 is 0 Å². The molecule has 1 atom stereocenters. The second kappa shape index (κ2) is 5.43. The van der Waals surface area contributed by atoms with Crippen molar-refractivity contribution < 1.29 is 4.74 Å². The Balaban J connectivity index is 2.14. The Hall–Kier alpha value is -0.840. The second-order valence-corrected chi connectivity index (χ2v) is 5.63. The maximum atomic E-state index is 6.12. The molecule has 0 aromatic heterocycles. The molecule has 0 amide bonds. The first-order valence-electron chi connectivity index (χ1n) is 5.98. The molecular formula is C13H17ClN2OS. The zero-order valence-corrected chi connectivity index (χ0v) is 11.9. The molecule has 1 aromatic rings. The molecule has 5 heteroatoms. The van der Waals surface area contributed by atoms with Gasteiger partial charge in [0.15, 0.2) is 0 Å². The summed E-state index contributed by atoms with van der Waals surface area (Å²) in [4.78, 5) is 0.306. The Labute approximate surface area is 118 Å². The van der Waals surface area contributed by atoms with Crippen LogP contribution >= 0.6 is 23.8 Å². The van der Waals surface area contributed by atoms with Gasteiger partial charge in [0, 0.05) is 18.8 Å². The second-order valence-electron chi connectivity index (χ2n) is 4.78. The van der Waals surface area contributed by atoms with E-state index in [-0.39, 0.29) is 5.60 Å². The molecular weight excluding hydrogens is 268 g/mol. The lowest BCUT2D eigenvalue weighted by Gasteiger charge is -2.25. The summed E-state index contributed by atoms with van der Waals surface area (Å²) in [5.74, 6) is 0. The topological polar surface area (TPSA) is 47.3 Å². The number of benzene rings is 1. The molecule has 0 bridgehead atoms. The van der Waals surface area contributed by atoms with E-state index in [4.69, 9.17) is 34.3 Å². The molecule has 0 saturated carbocycles. The fourth-order valence-electron chi connectivity index (χ4n) is 2.18. The molecule has 1 heterocycles. The van der Waals surface area contributed by atoms with Gasteiger partial charge in [-0.2, -0.15) is 0 Å². The van der Waals surface area contributed by atoms with Gasteiger partial charge < -0.3 is 15.8 Å². The standard InChI is InChI=1S/C13H17ClN2OS/c1-13(6-3-7-17-13)8-16-10-5-2-4-9(14)11(10)12(15)18/h2,4-5,16H,3,6-8H2,1H3,(H2,15,18). The van der Waals surface area contributed by atoms with Crippen molar-refractivity contribution in [2.24, 2.45) is 5.73 Å². The summed E-state index contributed by atoms with van der Waals surface area (Å²) < 4.78 is 5.73. The normalized spacial score (nSPS) is 23.0. The number of hydrogen-bond donors (Lipinski definition) is 2. The molecule has 98 valence electrons. The molecule has 3 nitrogen and oxygen atoms in total. The number of nitrogens with two attached hydrogens (primary N) is 1. The van der Waals surface area contributed by atoms with Gasteiger partial charge in [0.2, 0.25) is 0 Å². The van der Waals surface area contributed by atoms with Gasteiger partial charge in [-0.15, -0.1) is 0 Å². The number of rotatable bonds is 4. The van der Waals surface area contributed by atoms with Gasteiger partial charge in [-0.3, -0.25) is 0 Å². The van der Waals surface area contributed by atoms with Gasteiger partial charge >= 0.3 is 0 Å². The molecule has 3 N–H and O–H groups in total. The highest BCUT2D eigenvalue weighted by molar-refractivity contribution is 7.80. The maximum absolute atomic E-state index is 6.12. The predicted octanol–water partition coefficient (Wildman–Crippen LogP) is 2.96. The number of ether oxygens (including phenoxy) is 1. The zero-order chi connectivity index (χ0) is 13.2. The minimum atomic E-state index is -0.115. The summed E-state index contributed by atoms with van der Waals surface area (Å²) in [6, 6.07) is 5.60. The predicted molar refractivity (Wildman–Crippen MR) is 79.4 cm³/mol. The van der Waals surface area contributed by atoms with Crippen molar-refractivity contribution in [2.45, 2.75) is 25.4 Å². The van der Waals surface area contributed by atoms with Crippen molar-refractivity contribution in [1.82, 2.24) is 0 Å². The van der Waals surface area contributed by atoms with Gasteiger partial charge in [-0.05, 0) is 31.9 Å². The van der Waals surface area contributed by atoms with E-state index in [1.807, 2.05) is 12.1 Å². The van der Waals surface area contributed by atoms with Crippen LogP contribution in [0.2, 0.25) is 5.02 Å². The van der Waals surface area contributed by atoms with Gasteiger partial charge in [0.1, 0.15) is 4.99 Å². The van der Waals surface area contributed by atoms with Crippen LogP contribution in [0.5, 0.6) is 0 Å². The lowest BCUT2D eigenvalue weighted by atomic mass is 10.0. The average molecular weight is 285 g/mol. The lowest BCUT2D eigenvalue weighted by Crippen LogP contribution is -2.33. The SMILES string of the molecule is CC1(CNc2cccc(Cl)c2C(N)=S)CCCO1. The molecule has 1 fully saturated rings. The third kappa shape index (κ3) is 2.94. The highest BCUT2D eigenvalue weighted by atomic mass is 35.5. The lowest BCUT2D eigenvalue weighted by molar-refractivity contribution is 0.0315. The van der Waals surface area contributed by atoms with E-state index in [0.29, 0.717) is 15.6 Å². The molecule has 1 aliphatic rings. The molecule has 0 spiro atoms. The van der Waals surface area contributed by atoms with E-state index in [0.717, 1.165) is 31.7 Å². The van der Waals surface area contributed by atoms with Crippen LogP contribution in [0.1, 0.15) is 25.3 Å². The van der Waals surface area contributed by atoms with Crippen LogP contribution in [-0.4, -0.2) is 23.7 Å². The Morgan fingerprint density at radius 1 is 1.61 bits per heavy atom. The number of nitrogens with one attached hydrogen (secondary N) is 1. The van der Waals surface area contributed by atoms with Crippen molar-refractivity contribution in [3.63, 3.8) is 0 Å². The summed E-state index contributed by atoms with van der Waals surface area (Å²) in [6.45, 7) is 3.66. The van der Waals surface area contributed by atoms with Crippen LogP contribution in [0, 0.1) is 0 Å². The van der Waals surface area contributed by atoms with Crippen LogP contribution in [-0.2, 0) is 4.74 Å². The van der Waals surface area contributed by atoms with Crippen molar-refractivity contribution in [3.8, 4) is 0 Å². The Morgan fingerprint density at radius 2 is 2.39 bits per heavy atom. The van der Waals surface area contributed by atoms with Gasteiger partial charge in [0.25, 0.3) is 0 Å². The Morgan fingerprint density at radius 3 is 3.00 bits per heavy atom. The van der Waals surface area contributed by atoms with Crippen molar-refractivity contribution in [1.29, 1.82) is 0 Å². The summed E-state index contributed by atoms with van der Waals surface area (Å²) in [5, 5.41) is 3.91. The molecule has 18 heavy (non-hydrogen) atoms. The van der Waals surface area contributed by atoms with E-state index < -0.39 is 0 Å². The summed E-state index contributed by atoms with van der Waals surface area (Å²) in [5.41, 5.74) is 7.16. The molecule has 1 saturated heterocycles. The minimum absolute atomic E-state index is 0.115. The number of hydrogen-bond acceptors (Lipinski definition) is 3. The number of anilines is 1. The highest BCUT2D eigenvalue weighted by Gasteiger charge is 2.29. The van der Waals surface area contributed by atoms with Gasteiger partial charge in [0.05, 0.1) is 16.2 Å². The Bertz CT molecular complexity index is 458.